The van der Waals surface area contributed by atoms with Gasteiger partial charge in [-0.2, -0.15) is 0 Å². The normalized spacial score (nSPS) is 10.8. The molecule has 0 radical (unpaired) electrons. The van der Waals surface area contributed by atoms with Crippen molar-refractivity contribution in [3.8, 4) is 0 Å². The van der Waals surface area contributed by atoms with Crippen LogP contribution in [0.15, 0.2) is 24.3 Å². The summed E-state index contributed by atoms with van der Waals surface area (Å²) in [5.74, 6) is 4.85. The van der Waals surface area contributed by atoms with Crippen LogP contribution >= 0.6 is 0 Å². The summed E-state index contributed by atoms with van der Waals surface area (Å²) in [5.41, 5.74) is 4.10. The zero-order valence-corrected chi connectivity index (χ0v) is 12.8. The molecule has 1 rings (SSSR count). The second-order valence-corrected chi connectivity index (χ2v) is 5.46. The summed E-state index contributed by atoms with van der Waals surface area (Å²) in [6.07, 6.45) is 0.267. The number of carbonyl (C=O) groups excluding carboxylic acids is 2. The lowest BCUT2D eigenvalue weighted by Crippen LogP contribution is -2.38. The van der Waals surface area contributed by atoms with Gasteiger partial charge in [0.2, 0.25) is 11.8 Å². The Morgan fingerprint density at radius 1 is 1.14 bits per heavy atom. The van der Waals surface area contributed by atoms with Gasteiger partial charge in [0, 0.05) is 12.6 Å². The van der Waals surface area contributed by atoms with Crippen LogP contribution in [0.2, 0.25) is 0 Å². The van der Waals surface area contributed by atoms with Crippen LogP contribution in [-0.4, -0.2) is 36.3 Å². The van der Waals surface area contributed by atoms with E-state index in [1.54, 1.807) is 0 Å². The molecule has 0 spiro atoms. The SMILES string of the molecule is CC(C)NC(=O)CN(C)Cc1ccc(CC(=O)NN)cc1. The molecule has 0 saturated carbocycles. The third kappa shape index (κ3) is 6.87. The topological polar surface area (TPSA) is 87.5 Å². The number of nitrogens with two attached hydrogens (primary N) is 1. The number of carbonyl (C=O) groups is 2. The molecule has 0 heterocycles. The molecule has 21 heavy (non-hydrogen) atoms. The molecular formula is C15H24N4O2. The Kier molecular flexibility index (Phi) is 6.84. The quantitative estimate of drug-likeness (QED) is 0.380. The number of likely N-dealkylation sites (N-methyl/N-ethyl adjacent to an activating group) is 1. The summed E-state index contributed by atoms with van der Waals surface area (Å²) < 4.78 is 0. The van der Waals surface area contributed by atoms with E-state index < -0.39 is 0 Å². The van der Waals surface area contributed by atoms with Crippen LogP contribution < -0.4 is 16.6 Å². The molecule has 0 aliphatic rings. The Labute approximate surface area is 125 Å². The maximum absolute atomic E-state index is 11.7. The molecule has 0 bridgehead atoms. The highest BCUT2D eigenvalue weighted by molar-refractivity contribution is 5.78. The first-order valence-electron chi connectivity index (χ1n) is 6.96. The molecule has 6 nitrogen and oxygen atoms in total. The van der Waals surface area contributed by atoms with E-state index in [1.165, 1.54) is 0 Å². The maximum Gasteiger partial charge on any atom is 0.238 e. The summed E-state index contributed by atoms with van der Waals surface area (Å²) in [4.78, 5) is 24.8. The predicted molar refractivity (Wildman–Crippen MR) is 82.1 cm³/mol. The monoisotopic (exact) mass is 292 g/mol. The minimum Gasteiger partial charge on any atom is -0.353 e. The number of benzene rings is 1. The number of rotatable bonds is 7. The van der Waals surface area contributed by atoms with E-state index in [4.69, 9.17) is 5.84 Å². The minimum atomic E-state index is -0.217. The summed E-state index contributed by atoms with van der Waals surface area (Å²) >= 11 is 0. The molecule has 1 aromatic carbocycles. The van der Waals surface area contributed by atoms with Gasteiger partial charge in [-0.25, -0.2) is 5.84 Å². The highest BCUT2D eigenvalue weighted by atomic mass is 16.2. The summed E-state index contributed by atoms with van der Waals surface area (Å²) in [6, 6.07) is 7.85. The highest BCUT2D eigenvalue weighted by Gasteiger charge is 2.08. The van der Waals surface area contributed by atoms with Crippen molar-refractivity contribution in [3.63, 3.8) is 0 Å². The first kappa shape index (κ1) is 17.1. The van der Waals surface area contributed by atoms with Gasteiger partial charge in [-0.3, -0.25) is 19.9 Å². The van der Waals surface area contributed by atoms with E-state index >= 15 is 0 Å². The number of hydrazine groups is 1. The smallest absolute Gasteiger partial charge is 0.238 e. The second kappa shape index (κ2) is 8.39. The zero-order chi connectivity index (χ0) is 15.8. The van der Waals surface area contributed by atoms with Crippen molar-refractivity contribution in [2.45, 2.75) is 32.9 Å². The average Bonchev–Trinajstić information content (AvgIpc) is 2.39. The third-order valence-corrected chi connectivity index (χ3v) is 2.86. The minimum absolute atomic E-state index is 0.0173. The number of hydrogen-bond acceptors (Lipinski definition) is 4. The van der Waals surface area contributed by atoms with Gasteiger partial charge >= 0.3 is 0 Å². The summed E-state index contributed by atoms with van der Waals surface area (Å²) in [6.45, 7) is 4.91. The lowest BCUT2D eigenvalue weighted by atomic mass is 10.1. The van der Waals surface area contributed by atoms with Crippen molar-refractivity contribution in [1.29, 1.82) is 0 Å². The van der Waals surface area contributed by atoms with Crippen molar-refractivity contribution < 1.29 is 9.59 Å². The summed E-state index contributed by atoms with van der Waals surface area (Å²) in [5, 5.41) is 2.86. The van der Waals surface area contributed by atoms with Gasteiger partial charge in [-0.1, -0.05) is 24.3 Å². The van der Waals surface area contributed by atoms with Crippen molar-refractivity contribution in [2.24, 2.45) is 5.84 Å². The van der Waals surface area contributed by atoms with Crippen LogP contribution in [0.4, 0.5) is 0 Å². The molecular weight excluding hydrogens is 268 g/mol. The number of amides is 2. The van der Waals surface area contributed by atoms with E-state index in [1.807, 2.05) is 50.1 Å². The van der Waals surface area contributed by atoms with Gasteiger partial charge in [0.25, 0.3) is 0 Å². The van der Waals surface area contributed by atoms with E-state index in [0.717, 1.165) is 11.1 Å². The van der Waals surface area contributed by atoms with Crippen molar-refractivity contribution in [3.05, 3.63) is 35.4 Å². The molecule has 1 aromatic rings. The first-order valence-corrected chi connectivity index (χ1v) is 6.96. The summed E-state index contributed by atoms with van der Waals surface area (Å²) in [7, 11) is 1.90. The fourth-order valence-electron chi connectivity index (χ4n) is 1.98. The number of nitrogens with one attached hydrogen (secondary N) is 2. The average molecular weight is 292 g/mol. The molecule has 0 saturated heterocycles. The molecule has 116 valence electrons. The van der Waals surface area contributed by atoms with Crippen LogP contribution in [-0.2, 0) is 22.6 Å². The largest absolute Gasteiger partial charge is 0.353 e. The van der Waals surface area contributed by atoms with Gasteiger partial charge in [0.1, 0.15) is 0 Å². The second-order valence-electron chi connectivity index (χ2n) is 5.46. The fourth-order valence-corrected chi connectivity index (χ4v) is 1.98. The Balaban J connectivity index is 2.47. The Bertz CT molecular complexity index is 471. The zero-order valence-electron chi connectivity index (χ0n) is 12.8. The molecule has 0 aliphatic carbocycles. The van der Waals surface area contributed by atoms with Gasteiger partial charge in [0.05, 0.1) is 13.0 Å². The van der Waals surface area contributed by atoms with Crippen LogP contribution in [0, 0.1) is 0 Å². The fraction of sp³-hybridized carbons (Fsp3) is 0.467. The third-order valence-electron chi connectivity index (χ3n) is 2.86. The van der Waals surface area contributed by atoms with Gasteiger partial charge in [-0.15, -0.1) is 0 Å². The van der Waals surface area contributed by atoms with Crippen molar-refractivity contribution >= 4 is 11.8 Å². The van der Waals surface area contributed by atoms with Crippen LogP contribution in [0.5, 0.6) is 0 Å². The Morgan fingerprint density at radius 3 is 2.24 bits per heavy atom. The molecule has 0 aromatic heterocycles. The Hall–Kier alpha value is -1.92. The molecule has 2 amide bonds. The van der Waals surface area contributed by atoms with E-state index in [9.17, 15) is 9.59 Å². The lowest BCUT2D eigenvalue weighted by molar-refractivity contribution is -0.122. The van der Waals surface area contributed by atoms with E-state index in [-0.39, 0.29) is 24.3 Å². The van der Waals surface area contributed by atoms with E-state index in [0.29, 0.717) is 13.1 Å². The van der Waals surface area contributed by atoms with Crippen LogP contribution in [0.25, 0.3) is 0 Å². The number of nitrogens with zero attached hydrogens (tertiary/aromatic N) is 1. The van der Waals surface area contributed by atoms with Gasteiger partial charge in [-0.05, 0) is 32.0 Å². The highest BCUT2D eigenvalue weighted by Crippen LogP contribution is 2.07. The molecule has 6 heteroatoms. The van der Waals surface area contributed by atoms with E-state index in [2.05, 4.69) is 10.7 Å². The molecule has 0 atom stereocenters. The van der Waals surface area contributed by atoms with Crippen LogP contribution in [0.3, 0.4) is 0 Å². The molecule has 0 fully saturated rings. The predicted octanol–water partition coefficient (Wildman–Crippen LogP) is 0.175. The van der Waals surface area contributed by atoms with Gasteiger partial charge in [0.15, 0.2) is 0 Å². The van der Waals surface area contributed by atoms with Crippen molar-refractivity contribution in [1.82, 2.24) is 15.6 Å². The standard InChI is InChI=1S/C15H24N4O2/c1-11(2)17-15(21)10-19(3)9-13-6-4-12(5-7-13)8-14(20)18-16/h4-7,11H,8-10,16H2,1-3H3,(H,17,21)(H,18,20). The molecule has 0 aliphatic heterocycles. The lowest BCUT2D eigenvalue weighted by Gasteiger charge is -2.17. The number of hydrogen-bond donors (Lipinski definition) is 3. The van der Waals surface area contributed by atoms with Crippen LogP contribution in [0.1, 0.15) is 25.0 Å². The van der Waals surface area contributed by atoms with Crippen molar-refractivity contribution in [2.75, 3.05) is 13.6 Å². The Morgan fingerprint density at radius 2 is 1.71 bits per heavy atom. The van der Waals surface area contributed by atoms with Gasteiger partial charge < -0.3 is 5.32 Å². The molecule has 0 unspecified atom stereocenters. The molecule has 4 N–H and O–H groups in total. The maximum atomic E-state index is 11.7. The first-order chi connectivity index (χ1) is 9.90.